The minimum atomic E-state index is -0.962. The molecule has 1 atom stereocenters. The first-order chi connectivity index (χ1) is 16.1. The minimum absolute atomic E-state index is 0.0427. The van der Waals surface area contributed by atoms with E-state index in [1.54, 1.807) is 24.3 Å². The summed E-state index contributed by atoms with van der Waals surface area (Å²) in [5, 5.41) is 0. The van der Waals surface area contributed by atoms with Crippen LogP contribution < -0.4 is 9.47 Å². The lowest BCUT2D eigenvalue weighted by atomic mass is 10.0. The van der Waals surface area contributed by atoms with Crippen LogP contribution in [0.2, 0.25) is 0 Å². The Labute approximate surface area is 199 Å². The minimum Gasteiger partial charge on any atom is -0.491 e. The fourth-order valence-corrected chi connectivity index (χ4v) is 3.75. The molecular formula is C29H41FO3. The van der Waals surface area contributed by atoms with Crippen molar-refractivity contribution in [2.24, 2.45) is 0 Å². The largest absolute Gasteiger partial charge is 0.491 e. The van der Waals surface area contributed by atoms with Crippen molar-refractivity contribution in [2.75, 3.05) is 6.61 Å². The van der Waals surface area contributed by atoms with Gasteiger partial charge in [-0.1, -0.05) is 83.8 Å². The molecule has 0 heterocycles. The predicted molar refractivity (Wildman–Crippen MR) is 134 cm³/mol. The highest BCUT2D eigenvalue weighted by atomic mass is 19.1. The average Bonchev–Trinajstić information content (AvgIpc) is 2.84. The molecule has 0 bridgehead atoms. The molecule has 0 radical (unpaired) electrons. The second kappa shape index (κ2) is 16.3. The Morgan fingerprint density at radius 1 is 0.758 bits per heavy atom. The first-order valence-corrected chi connectivity index (χ1v) is 12.8. The molecule has 182 valence electrons. The van der Waals surface area contributed by atoms with E-state index in [1.807, 2.05) is 24.3 Å². The molecule has 4 heteroatoms. The fraction of sp³-hybridized carbons (Fsp3) is 0.552. The Kier molecular flexibility index (Phi) is 13.3. The summed E-state index contributed by atoms with van der Waals surface area (Å²) >= 11 is 0. The molecule has 2 rings (SSSR count). The third kappa shape index (κ3) is 11.4. The van der Waals surface area contributed by atoms with Gasteiger partial charge in [0.25, 0.3) is 0 Å². The van der Waals surface area contributed by atoms with Crippen molar-refractivity contribution in [1.82, 2.24) is 0 Å². The second-order valence-corrected chi connectivity index (χ2v) is 8.83. The summed E-state index contributed by atoms with van der Waals surface area (Å²) in [6.07, 6.45) is 12.6. The van der Waals surface area contributed by atoms with Gasteiger partial charge in [-0.05, 0) is 61.2 Å². The van der Waals surface area contributed by atoms with Gasteiger partial charge in [-0.3, -0.25) is 0 Å². The Bertz CT molecular complexity index is 770. The van der Waals surface area contributed by atoms with Crippen LogP contribution in [0.25, 0.3) is 0 Å². The van der Waals surface area contributed by atoms with Gasteiger partial charge in [0, 0.05) is 0 Å². The lowest BCUT2D eigenvalue weighted by molar-refractivity contribution is 0.0734. The fourth-order valence-electron chi connectivity index (χ4n) is 3.75. The Morgan fingerprint density at radius 3 is 2.00 bits per heavy atom. The predicted octanol–water partition coefficient (Wildman–Crippen LogP) is 8.50. The molecule has 0 aliphatic carbocycles. The highest BCUT2D eigenvalue weighted by Gasteiger charge is 2.11. The molecule has 0 aromatic heterocycles. The number of rotatable bonds is 17. The zero-order valence-corrected chi connectivity index (χ0v) is 20.5. The first-order valence-electron chi connectivity index (χ1n) is 12.8. The lowest BCUT2D eigenvalue weighted by Crippen LogP contribution is -2.13. The van der Waals surface area contributed by atoms with Crippen LogP contribution in [-0.2, 0) is 6.42 Å². The van der Waals surface area contributed by atoms with E-state index in [9.17, 15) is 9.18 Å². The molecule has 0 saturated carbocycles. The number of aryl methyl sites for hydroxylation is 1. The van der Waals surface area contributed by atoms with Crippen molar-refractivity contribution >= 4 is 5.97 Å². The quantitative estimate of drug-likeness (QED) is 0.136. The van der Waals surface area contributed by atoms with Gasteiger partial charge in [-0.2, -0.15) is 0 Å². The van der Waals surface area contributed by atoms with E-state index in [0.717, 1.165) is 32.1 Å². The van der Waals surface area contributed by atoms with Crippen LogP contribution in [0, 0.1) is 0 Å². The van der Waals surface area contributed by atoms with Gasteiger partial charge in [0.05, 0.1) is 5.56 Å². The Balaban J connectivity index is 1.71. The molecule has 0 aliphatic rings. The van der Waals surface area contributed by atoms with Crippen LogP contribution in [-0.4, -0.2) is 18.7 Å². The molecule has 0 saturated heterocycles. The molecule has 1 unspecified atom stereocenters. The van der Waals surface area contributed by atoms with Crippen molar-refractivity contribution in [2.45, 2.75) is 97.1 Å². The number of hydrogen-bond donors (Lipinski definition) is 0. The van der Waals surface area contributed by atoms with Gasteiger partial charge in [0.2, 0.25) is 0 Å². The number of esters is 1. The van der Waals surface area contributed by atoms with Crippen molar-refractivity contribution in [3.05, 3.63) is 59.7 Å². The average molecular weight is 457 g/mol. The molecular weight excluding hydrogens is 415 g/mol. The summed E-state index contributed by atoms with van der Waals surface area (Å²) < 4.78 is 24.9. The summed E-state index contributed by atoms with van der Waals surface area (Å²) in [5.74, 6) is 0.682. The maximum Gasteiger partial charge on any atom is 0.343 e. The van der Waals surface area contributed by atoms with E-state index < -0.39 is 12.1 Å². The number of carbonyl (C=O) groups is 1. The monoisotopic (exact) mass is 456 g/mol. The summed E-state index contributed by atoms with van der Waals surface area (Å²) in [6.45, 7) is 4.42. The van der Waals surface area contributed by atoms with Gasteiger partial charge < -0.3 is 9.47 Å². The Morgan fingerprint density at radius 2 is 1.33 bits per heavy atom. The highest BCUT2D eigenvalue weighted by molar-refractivity contribution is 5.91. The van der Waals surface area contributed by atoms with Gasteiger partial charge >= 0.3 is 5.97 Å². The molecule has 3 nitrogen and oxygen atoms in total. The molecule has 33 heavy (non-hydrogen) atoms. The smallest absolute Gasteiger partial charge is 0.343 e. The number of ether oxygens (including phenoxy) is 2. The molecule has 0 N–H and O–H groups in total. The van der Waals surface area contributed by atoms with Gasteiger partial charge in [-0.15, -0.1) is 0 Å². The number of unbranched alkanes of at least 4 members (excludes halogenated alkanes) is 8. The van der Waals surface area contributed by atoms with Gasteiger partial charge in [0.15, 0.2) is 0 Å². The molecule has 0 aliphatic heterocycles. The van der Waals surface area contributed by atoms with Gasteiger partial charge in [0.1, 0.15) is 24.3 Å². The van der Waals surface area contributed by atoms with Crippen LogP contribution in [0.5, 0.6) is 11.5 Å². The van der Waals surface area contributed by atoms with Crippen molar-refractivity contribution < 1.29 is 18.7 Å². The third-order valence-corrected chi connectivity index (χ3v) is 5.84. The molecule has 2 aromatic rings. The number of carbonyl (C=O) groups excluding carboxylic acids is 1. The maximum atomic E-state index is 13.9. The molecule has 0 amide bonds. The standard InChI is InChI=1S/C29H41FO3/c1-3-5-7-9-10-11-13-24-15-19-28(20-16-24)33-29(31)25-17-21-27(22-18-25)32-23-26(30)14-12-8-6-4-2/h15-22,26H,3-14,23H2,1-2H3. The van der Waals surface area contributed by atoms with E-state index in [0.29, 0.717) is 23.5 Å². The van der Waals surface area contributed by atoms with Crippen LogP contribution in [0.4, 0.5) is 4.39 Å². The van der Waals surface area contributed by atoms with Gasteiger partial charge in [-0.25, -0.2) is 9.18 Å². The Hall–Kier alpha value is -2.36. The number of benzene rings is 2. The van der Waals surface area contributed by atoms with E-state index in [1.165, 1.54) is 44.1 Å². The number of alkyl halides is 1. The number of hydrogen-bond acceptors (Lipinski definition) is 3. The lowest BCUT2D eigenvalue weighted by Gasteiger charge is -2.11. The topological polar surface area (TPSA) is 35.5 Å². The van der Waals surface area contributed by atoms with Crippen molar-refractivity contribution in [1.29, 1.82) is 0 Å². The van der Waals surface area contributed by atoms with Crippen LogP contribution in [0.1, 0.15) is 100 Å². The zero-order chi connectivity index (χ0) is 23.7. The van der Waals surface area contributed by atoms with Crippen molar-refractivity contribution in [3.8, 4) is 11.5 Å². The van der Waals surface area contributed by atoms with E-state index in [4.69, 9.17) is 9.47 Å². The SMILES string of the molecule is CCCCCCCCc1ccc(OC(=O)c2ccc(OCC(F)CCCCCC)cc2)cc1. The summed E-state index contributed by atoms with van der Waals surface area (Å²) in [7, 11) is 0. The summed E-state index contributed by atoms with van der Waals surface area (Å²) in [4.78, 5) is 12.4. The van der Waals surface area contributed by atoms with Crippen LogP contribution >= 0.6 is 0 Å². The van der Waals surface area contributed by atoms with E-state index in [-0.39, 0.29) is 6.61 Å². The highest BCUT2D eigenvalue weighted by Crippen LogP contribution is 2.19. The van der Waals surface area contributed by atoms with E-state index >= 15 is 0 Å². The van der Waals surface area contributed by atoms with Crippen LogP contribution in [0.3, 0.4) is 0 Å². The molecule has 0 fully saturated rings. The molecule has 0 spiro atoms. The normalized spacial score (nSPS) is 11.8. The van der Waals surface area contributed by atoms with E-state index in [2.05, 4.69) is 13.8 Å². The zero-order valence-electron chi connectivity index (χ0n) is 20.5. The second-order valence-electron chi connectivity index (χ2n) is 8.83. The van der Waals surface area contributed by atoms with Crippen molar-refractivity contribution in [3.63, 3.8) is 0 Å². The summed E-state index contributed by atoms with van der Waals surface area (Å²) in [5.41, 5.74) is 1.71. The molecule has 2 aromatic carbocycles. The maximum absolute atomic E-state index is 13.9. The van der Waals surface area contributed by atoms with Crippen LogP contribution in [0.15, 0.2) is 48.5 Å². The first kappa shape index (κ1) is 26.9. The summed E-state index contributed by atoms with van der Waals surface area (Å²) in [6, 6.07) is 14.4. The third-order valence-electron chi connectivity index (χ3n) is 5.84. The number of halogens is 1.